The summed E-state index contributed by atoms with van der Waals surface area (Å²) in [4.78, 5) is 12.2. The molecule has 0 saturated carbocycles. The van der Waals surface area contributed by atoms with Gasteiger partial charge in [-0.05, 0) is 58.5 Å². The Morgan fingerprint density at radius 1 is 1.10 bits per heavy atom. The van der Waals surface area contributed by atoms with Crippen LogP contribution >= 0.6 is 0 Å². The molecule has 3 rings (SSSR count). The molecule has 0 aliphatic heterocycles. The second-order valence-electron chi connectivity index (χ2n) is 5.99. The first-order chi connectivity index (χ1) is 14.5. The summed E-state index contributed by atoms with van der Waals surface area (Å²) in [6, 6.07) is 9.14. The van der Waals surface area contributed by atoms with Gasteiger partial charge in [-0.1, -0.05) is 0 Å². The predicted molar refractivity (Wildman–Crippen MR) is 106 cm³/mol. The molecular formula is C20H20FN5O4. The smallest absolute Gasteiger partial charge is 0.244 e. The molecule has 0 spiro atoms. The van der Waals surface area contributed by atoms with Gasteiger partial charge >= 0.3 is 0 Å². The van der Waals surface area contributed by atoms with Gasteiger partial charge in [-0.3, -0.25) is 4.79 Å². The van der Waals surface area contributed by atoms with Crippen LogP contribution in [0.4, 0.5) is 4.39 Å². The van der Waals surface area contributed by atoms with Gasteiger partial charge in [-0.25, -0.2) is 4.39 Å². The van der Waals surface area contributed by atoms with Gasteiger partial charge in [0.15, 0.2) is 17.3 Å². The van der Waals surface area contributed by atoms with E-state index in [9.17, 15) is 9.18 Å². The van der Waals surface area contributed by atoms with Crippen molar-refractivity contribution in [3.05, 3.63) is 59.7 Å². The lowest BCUT2D eigenvalue weighted by atomic mass is 10.1. The van der Waals surface area contributed by atoms with Gasteiger partial charge in [-0.2, -0.15) is 4.68 Å². The molecule has 1 heterocycles. The van der Waals surface area contributed by atoms with Crippen LogP contribution in [0.25, 0.3) is 11.8 Å². The molecule has 30 heavy (non-hydrogen) atoms. The Morgan fingerprint density at radius 2 is 1.77 bits per heavy atom. The van der Waals surface area contributed by atoms with Crippen molar-refractivity contribution >= 4 is 12.0 Å². The van der Waals surface area contributed by atoms with Crippen molar-refractivity contribution in [2.24, 2.45) is 0 Å². The number of halogens is 1. The van der Waals surface area contributed by atoms with Gasteiger partial charge in [0.2, 0.25) is 11.7 Å². The number of rotatable bonds is 8. The van der Waals surface area contributed by atoms with Crippen molar-refractivity contribution < 1.29 is 23.4 Å². The van der Waals surface area contributed by atoms with Crippen LogP contribution in [0.5, 0.6) is 17.2 Å². The molecule has 9 nitrogen and oxygen atoms in total. The number of carbonyl (C=O) groups is 1. The Hall–Kier alpha value is -3.95. The lowest BCUT2D eigenvalue weighted by Crippen LogP contribution is -2.22. The summed E-state index contributed by atoms with van der Waals surface area (Å²) in [7, 11) is 4.55. The van der Waals surface area contributed by atoms with E-state index >= 15 is 0 Å². The van der Waals surface area contributed by atoms with Gasteiger partial charge in [0.05, 0.1) is 33.6 Å². The minimum absolute atomic E-state index is 0.0861. The molecule has 156 valence electrons. The molecule has 2 aromatic carbocycles. The molecular weight excluding hydrogens is 393 g/mol. The largest absolute Gasteiger partial charge is 0.493 e. The fourth-order valence-corrected chi connectivity index (χ4v) is 2.69. The van der Waals surface area contributed by atoms with E-state index in [-0.39, 0.29) is 18.3 Å². The molecule has 0 unspecified atom stereocenters. The molecule has 0 aliphatic rings. The van der Waals surface area contributed by atoms with Crippen LogP contribution in [-0.4, -0.2) is 47.4 Å². The first kappa shape index (κ1) is 20.8. The number of carbonyl (C=O) groups excluding carboxylic acids is 1. The van der Waals surface area contributed by atoms with E-state index in [0.29, 0.717) is 34.3 Å². The zero-order chi connectivity index (χ0) is 21.5. The third-order valence-electron chi connectivity index (χ3n) is 4.14. The summed E-state index contributed by atoms with van der Waals surface area (Å²) in [5, 5.41) is 14.1. The van der Waals surface area contributed by atoms with E-state index < -0.39 is 0 Å². The zero-order valence-corrected chi connectivity index (χ0v) is 16.6. The van der Waals surface area contributed by atoms with E-state index in [0.717, 1.165) is 0 Å². The number of amides is 1. The van der Waals surface area contributed by atoms with Crippen molar-refractivity contribution in [2.75, 3.05) is 21.3 Å². The van der Waals surface area contributed by atoms with E-state index in [1.54, 1.807) is 30.3 Å². The lowest BCUT2D eigenvalue weighted by Gasteiger charge is -2.12. The quantitative estimate of drug-likeness (QED) is 0.565. The van der Waals surface area contributed by atoms with E-state index in [2.05, 4.69) is 20.8 Å². The minimum atomic E-state index is -0.362. The third kappa shape index (κ3) is 4.72. The number of hydrogen-bond acceptors (Lipinski definition) is 7. The highest BCUT2D eigenvalue weighted by atomic mass is 19.1. The van der Waals surface area contributed by atoms with Crippen LogP contribution in [0, 0.1) is 5.82 Å². The molecule has 3 aromatic rings. The molecule has 0 atom stereocenters. The van der Waals surface area contributed by atoms with E-state index in [4.69, 9.17) is 14.2 Å². The van der Waals surface area contributed by atoms with Crippen molar-refractivity contribution in [1.82, 2.24) is 25.5 Å². The maximum absolute atomic E-state index is 13.1. The molecule has 1 amide bonds. The number of benzene rings is 2. The number of tetrazole rings is 1. The van der Waals surface area contributed by atoms with Crippen LogP contribution in [0.2, 0.25) is 0 Å². The number of nitrogens with zero attached hydrogens (tertiary/aromatic N) is 4. The van der Waals surface area contributed by atoms with Crippen molar-refractivity contribution in [3.63, 3.8) is 0 Å². The summed E-state index contributed by atoms with van der Waals surface area (Å²) >= 11 is 0. The van der Waals surface area contributed by atoms with Gasteiger partial charge in [0.25, 0.3) is 0 Å². The highest BCUT2D eigenvalue weighted by Crippen LogP contribution is 2.38. The molecule has 1 aromatic heterocycles. The first-order valence-electron chi connectivity index (χ1n) is 8.84. The van der Waals surface area contributed by atoms with E-state index in [1.807, 2.05) is 0 Å². The van der Waals surface area contributed by atoms with Gasteiger partial charge in [-0.15, -0.1) is 5.10 Å². The van der Waals surface area contributed by atoms with Crippen LogP contribution in [-0.2, 0) is 11.3 Å². The average Bonchev–Trinajstić information content (AvgIpc) is 3.24. The maximum atomic E-state index is 13.1. The van der Waals surface area contributed by atoms with Crippen LogP contribution < -0.4 is 19.5 Å². The van der Waals surface area contributed by atoms with Crippen LogP contribution in [0.3, 0.4) is 0 Å². The van der Waals surface area contributed by atoms with Gasteiger partial charge < -0.3 is 19.5 Å². The topological polar surface area (TPSA) is 100 Å². The monoisotopic (exact) mass is 413 g/mol. The van der Waals surface area contributed by atoms with Gasteiger partial charge in [0.1, 0.15) is 5.82 Å². The summed E-state index contributed by atoms with van der Waals surface area (Å²) in [5.41, 5.74) is 1.27. The van der Waals surface area contributed by atoms with Crippen LogP contribution in [0.15, 0.2) is 42.5 Å². The highest BCUT2D eigenvalue weighted by molar-refractivity contribution is 5.91. The first-order valence-corrected chi connectivity index (χ1v) is 8.84. The fraction of sp³-hybridized carbons (Fsp3) is 0.200. The molecule has 0 saturated heterocycles. The molecule has 0 fully saturated rings. The van der Waals surface area contributed by atoms with Crippen molar-refractivity contribution in [3.8, 4) is 22.9 Å². The highest BCUT2D eigenvalue weighted by Gasteiger charge is 2.13. The van der Waals surface area contributed by atoms with Crippen molar-refractivity contribution in [2.45, 2.75) is 6.54 Å². The molecule has 0 radical (unpaired) electrons. The predicted octanol–water partition coefficient (Wildman–Crippen LogP) is 2.16. The molecule has 10 heteroatoms. The summed E-state index contributed by atoms with van der Waals surface area (Å²) in [6.45, 7) is 0.0861. The number of methoxy groups -OCH3 is 3. The minimum Gasteiger partial charge on any atom is -0.493 e. The van der Waals surface area contributed by atoms with Crippen molar-refractivity contribution in [1.29, 1.82) is 0 Å². The molecule has 0 bridgehead atoms. The number of hydrogen-bond donors (Lipinski definition) is 1. The SMILES string of the molecule is COc1cc(/C=C/C(=O)NCc2nnnn2-c2ccc(F)cc2)cc(OC)c1OC. The maximum Gasteiger partial charge on any atom is 0.244 e. The summed E-state index contributed by atoms with van der Waals surface area (Å²) in [6.07, 6.45) is 2.98. The van der Waals surface area contributed by atoms with E-state index in [1.165, 1.54) is 44.2 Å². The number of nitrogens with one attached hydrogen (secondary N) is 1. The second-order valence-corrected chi connectivity index (χ2v) is 5.99. The molecule has 1 N–H and O–H groups in total. The average molecular weight is 413 g/mol. The molecule has 0 aliphatic carbocycles. The van der Waals surface area contributed by atoms with Crippen LogP contribution in [0.1, 0.15) is 11.4 Å². The summed E-state index contributed by atoms with van der Waals surface area (Å²) < 4.78 is 30.4. The zero-order valence-electron chi connectivity index (χ0n) is 16.6. The summed E-state index contributed by atoms with van der Waals surface area (Å²) in [5.74, 6) is 1.12. The Morgan fingerprint density at radius 3 is 2.37 bits per heavy atom. The standard InChI is InChI=1S/C20H20FN5O4/c1-28-16-10-13(11-17(29-2)20(16)30-3)4-9-19(27)22-12-18-23-24-25-26(18)15-7-5-14(21)6-8-15/h4-11H,12H2,1-3H3,(H,22,27)/b9-4+. The Bertz CT molecular complexity index is 1020. The van der Waals surface area contributed by atoms with Gasteiger partial charge in [0, 0.05) is 6.08 Å². The second kappa shape index (κ2) is 9.50. The Balaban J connectivity index is 1.68. The Labute approximate surface area is 172 Å². The third-order valence-corrected chi connectivity index (χ3v) is 4.14. The normalized spacial score (nSPS) is 10.8. The number of ether oxygens (including phenoxy) is 3. The Kier molecular flexibility index (Phi) is 6.58. The fourth-order valence-electron chi connectivity index (χ4n) is 2.69. The number of aromatic nitrogens is 4. The lowest BCUT2D eigenvalue weighted by molar-refractivity contribution is -0.116.